The van der Waals surface area contributed by atoms with Crippen LogP contribution in [0.25, 0.3) is 0 Å². The number of nitrogens with two attached hydrogens (primary N) is 1. The van der Waals surface area contributed by atoms with Crippen molar-refractivity contribution >= 4 is 0 Å². The summed E-state index contributed by atoms with van der Waals surface area (Å²) < 4.78 is 5.22. The van der Waals surface area contributed by atoms with E-state index in [1.807, 2.05) is 0 Å². The van der Waals surface area contributed by atoms with E-state index < -0.39 is 0 Å². The van der Waals surface area contributed by atoms with Crippen LogP contribution in [-0.4, -0.2) is 18.2 Å². The molecule has 0 aliphatic carbocycles. The molecule has 1 rings (SSSR count). The van der Waals surface area contributed by atoms with Crippen molar-refractivity contribution in [1.29, 1.82) is 0 Å². The monoisotopic (exact) mass is 171 g/mol. The highest BCUT2D eigenvalue weighted by Gasteiger charge is 2.32. The van der Waals surface area contributed by atoms with Gasteiger partial charge in [0.2, 0.25) is 0 Å². The molecule has 0 saturated carbocycles. The largest absolute Gasteiger partial charge is 0.373 e. The van der Waals surface area contributed by atoms with E-state index >= 15 is 0 Å². The SMILES string of the molecule is CCCC(CC1CO1)C(C)(C)N. The second-order valence-corrected chi connectivity index (χ2v) is 4.50. The van der Waals surface area contributed by atoms with Gasteiger partial charge in [-0.15, -0.1) is 0 Å². The van der Waals surface area contributed by atoms with Crippen LogP contribution in [0, 0.1) is 5.92 Å². The smallest absolute Gasteiger partial charge is 0.0813 e. The maximum atomic E-state index is 6.09. The average Bonchev–Trinajstić information content (AvgIpc) is 2.68. The van der Waals surface area contributed by atoms with Gasteiger partial charge in [-0.2, -0.15) is 0 Å². The minimum atomic E-state index is -0.0397. The lowest BCUT2D eigenvalue weighted by Crippen LogP contribution is -2.41. The van der Waals surface area contributed by atoms with Crippen LogP contribution in [0.1, 0.15) is 40.0 Å². The van der Waals surface area contributed by atoms with Gasteiger partial charge in [0, 0.05) is 5.54 Å². The van der Waals surface area contributed by atoms with E-state index in [0.29, 0.717) is 12.0 Å². The standard InChI is InChI=1S/C10H21NO/c1-4-5-8(10(2,3)11)6-9-7-12-9/h8-9H,4-7,11H2,1-3H3. The first-order valence-corrected chi connectivity index (χ1v) is 4.94. The normalized spacial score (nSPS) is 25.5. The Morgan fingerprint density at radius 3 is 2.50 bits per heavy atom. The average molecular weight is 171 g/mol. The molecule has 1 fully saturated rings. The number of rotatable bonds is 5. The second-order valence-electron chi connectivity index (χ2n) is 4.50. The lowest BCUT2D eigenvalue weighted by molar-refractivity contribution is 0.250. The quantitative estimate of drug-likeness (QED) is 0.642. The van der Waals surface area contributed by atoms with Crippen molar-refractivity contribution in [3.05, 3.63) is 0 Å². The predicted molar refractivity (Wildman–Crippen MR) is 51.0 cm³/mol. The van der Waals surface area contributed by atoms with Crippen molar-refractivity contribution in [3.63, 3.8) is 0 Å². The third-order valence-corrected chi connectivity index (χ3v) is 2.64. The molecule has 0 aromatic carbocycles. The van der Waals surface area contributed by atoms with Gasteiger partial charge in [-0.25, -0.2) is 0 Å². The topological polar surface area (TPSA) is 38.5 Å². The molecule has 0 aromatic heterocycles. The fraction of sp³-hybridized carbons (Fsp3) is 1.00. The van der Waals surface area contributed by atoms with Crippen LogP contribution in [0.5, 0.6) is 0 Å². The fourth-order valence-electron chi connectivity index (χ4n) is 1.66. The third kappa shape index (κ3) is 3.11. The first-order valence-electron chi connectivity index (χ1n) is 4.94. The van der Waals surface area contributed by atoms with Gasteiger partial charge in [0.05, 0.1) is 12.7 Å². The molecule has 0 amide bonds. The van der Waals surface area contributed by atoms with Crippen molar-refractivity contribution in [1.82, 2.24) is 0 Å². The first kappa shape index (κ1) is 10.0. The molecule has 1 aliphatic rings. The molecule has 0 radical (unpaired) electrons. The molecule has 0 bridgehead atoms. The molecule has 72 valence electrons. The van der Waals surface area contributed by atoms with Crippen molar-refractivity contribution in [2.75, 3.05) is 6.61 Å². The Morgan fingerprint density at radius 1 is 1.58 bits per heavy atom. The molecule has 2 nitrogen and oxygen atoms in total. The summed E-state index contributed by atoms with van der Waals surface area (Å²) in [6, 6.07) is 0. The highest BCUT2D eigenvalue weighted by Crippen LogP contribution is 2.29. The number of hydrogen-bond acceptors (Lipinski definition) is 2. The third-order valence-electron chi connectivity index (χ3n) is 2.64. The van der Waals surface area contributed by atoms with Crippen LogP contribution in [-0.2, 0) is 4.74 Å². The molecule has 0 aromatic rings. The van der Waals surface area contributed by atoms with E-state index in [4.69, 9.17) is 10.5 Å². The zero-order chi connectivity index (χ0) is 9.19. The van der Waals surface area contributed by atoms with Crippen molar-refractivity contribution in [2.45, 2.75) is 51.7 Å². The van der Waals surface area contributed by atoms with Gasteiger partial charge in [0.1, 0.15) is 0 Å². The summed E-state index contributed by atoms with van der Waals surface area (Å²) in [6.07, 6.45) is 4.11. The molecule has 12 heavy (non-hydrogen) atoms. The summed E-state index contributed by atoms with van der Waals surface area (Å²) in [5.74, 6) is 0.620. The summed E-state index contributed by atoms with van der Waals surface area (Å²) in [5, 5.41) is 0. The maximum absolute atomic E-state index is 6.09. The van der Waals surface area contributed by atoms with E-state index in [0.717, 1.165) is 13.0 Å². The van der Waals surface area contributed by atoms with Gasteiger partial charge in [-0.1, -0.05) is 13.3 Å². The minimum absolute atomic E-state index is 0.0397. The lowest BCUT2D eigenvalue weighted by atomic mass is 9.82. The Balaban J connectivity index is 2.35. The molecule has 2 N–H and O–H groups in total. The highest BCUT2D eigenvalue weighted by molar-refractivity contribution is 4.86. The Labute approximate surface area is 75.5 Å². The molecule has 2 unspecified atom stereocenters. The zero-order valence-electron chi connectivity index (χ0n) is 8.47. The fourth-order valence-corrected chi connectivity index (χ4v) is 1.66. The van der Waals surface area contributed by atoms with E-state index in [-0.39, 0.29) is 5.54 Å². The summed E-state index contributed by atoms with van der Waals surface area (Å²) in [7, 11) is 0. The van der Waals surface area contributed by atoms with Gasteiger partial charge in [0.25, 0.3) is 0 Å². The Bertz CT molecular complexity index is 135. The minimum Gasteiger partial charge on any atom is -0.373 e. The Morgan fingerprint density at radius 2 is 2.17 bits per heavy atom. The summed E-state index contributed by atoms with van der Waals surface area (Å²) in [5.41, 5.74) is 6.05. The van der Waals surface area contributed by atoms with E-state index in [9.17, 15) is 0 Å². The summed E-state index contributed by atoms with van der Waals surface area (Å²) in [6.45, 7) is 7.41. The van der Waals surface area contributed by atoms with Crippen LogP contribution in [0.2, 0.25) is 0 Å². The number of hydrogen-bond donors (Lipinski definition) is 1. The van der Waals surface area contributed by atoms with Gasteiger partial charge < -0.3 is 10.5 Å². The predicted octanol–water partition coefficient (Wildman–Crippen LogP) is 1.93. The van der Waals surface area contributed by atoms with Crippen LogP contribution >= 0.6 is 0 Å². The van der Waals surface area contributed by atoms with Crippen molar-refractivity contribution < 1.29 is 4.74 Å². The molecule has 2 atom stereocenters. The van der Waals surface area contributed by atoms with Crippen LogP contribution in [0.15, 0.2) is 0 Å². The number of epoxide rings is 1. The molecular weight excluding hydrogens is 150 g/mol. The van der Waals surface area contributed by atoms with E-state index in [2.05, 4.69) is 20.8 Å². The molecule has 1 saturated heterocycles. The number of ether oxygens (including phenoxy) is 1. The van der Waals surface area contributed by atoms with Gasteiger partial charge in [-0.3, -0.25) is 0 Å². The van der Waals surface area contributed by atoms with Gasteiger partial charge in [0.15, 0.2) is 0 Å². The Hall–Kier alpha value is -0.0800. The lowest BCUT2D eigenvalue weighted by Gasteiger charge is -2.30. The van der Waals surface area contributed by atoms with Crippen molar-refractivity contribution in [3.8, 4) is 0 Å². The van der Waals surface area contributed by atoms with Crippen molar-refractivity contribution in [2.24, 2.45) is 11.7 Å². The van der Waals surface area contributed by atoms with Gasteiger partial charge >= 0.3 is 0 Å². The Kier molecular flexibility index (Phi) is 3.13. The van der Waals surface area contributed by atoms with Crippen LogP contribution in [0.4, 0.5) is 0 Å². The molecular formula is C10H21NO. The van der Waals surface area contributed by atoms with E-state index in [1.165, 1.54) is 12.8 Å². The highest BCUT2D eigenvalue weighted by atomic mass is 16.6. The van der Waals surface area contributed by atoms with Gasteiger partial charge in [-0.05, 0) is 32.6 Å². The second kappa shape index (κ2) is 3.75. The molecule has 1 aliphatic heterocycles. The molecule has 2 heteroatoms. The van der Waals surface area contributed by atoms with Crippen LogP contribution < -0.4 is 5.73 Å². The zero-order valence-corrected chi connectivity index (χ0v) is 8.47. The molecule has 1 heterocycles. The van der Waals surface area contributed by atoms with E-state index in [1.54, 1.807) is 0 Å². The van der Waals surface area contributed by atoms with Crippen LogP contribution in [0.3, 0.4) is 0 Å². The maximum Gasteiger partial charge on any atom is 0.0813 e. The summed E-state index contributed by atoms with van der Waals surface area (Å²) >= 11 is 0. The first-order chi connectivity index (χ1) is 5.54. The molecule has 0 spiro atoms. The summed E-state index contributed by atoms with van der Waals surface area (Å²) in [4.78, 5) is 0.